The first-order valence-electron chi connectivity index (χ1n) is 10.6. The largest absolute Gasteiger partial charge is 0.269 e. The summed E-state index contributed by atoms with van der Waals surface area (Å²) in [7, 11) is 0. The van der Waals surface area contributed by atoms with E-state index < -0.39 is 9.85 Å². The SMILES string of the molecule is O=[N+]([O-])c1ccc(C=c2c3ccccc3c(=Cc3ccc([N+](=O)[O-])cc3)c3ccccc23)cc1. The summed E-state index contributed by atoms with van der Waals surface area (Å²) in [5.74, 6) is 0. The van der Waals surface area contributed by atoms with E-state index >= 15 is 0 Å². The van der Waals surface area contributed by atoms with Gasteiger partial charge in [-0.2, -0.15) is 0 Å². The van der Waals surface area contributed by atoms with Gasteiger partial charge in [0.2, 0.25) is 0 Å². The highest BCUT2D eigenvalue weighted by atomic mass is 16.6. The minimum absolute atomic E-state index is 0.0555. The number of fused-ring (bicyclic) bond motifs is 2. The molecule has 164 valence electrons. The van der Waals surface area contributed by atoms with Crippen molar-refractivity contribution in [3.05, 3.63) is 139 Å². The molecule has 6 nitrogen and oxygen atoms in total. The van der Waals surface area contributed by atoms with Gasteiger partial charge in [-0.25, -0.2) is 0 Å². The second-order valence-corrected chi connectivity index (χ2v) is 7.90. The Labute approximate surface area is 194 Å². The zero-order valence-electron chi connectivity index (χ0n) is 17.9. The van der Waals surface area contributed by atoms with Gasteiger partial charge in [0.05, 0.1) is 9.85 Å². The Bertz CT molecular complexity index is 1500. The molecule has 0 aliphatic rings. The fraction of sp³-hybridized carbons (Fsp3) is 0. The number of nitro groups is 2. The van der Waals surface area contributed by atoms with Crippen LogP contribution in [0, 0.1) is 20.2 Å². The van der Waals surface area contributed by atoms with Crippen molar-refractivity contribution in [1.82, 2.24) is 0 Å². The fourth-order valence-corrected chi connectivity index (χ4v) is 4.22. The van der Waals surface area contributed by atoms with Crippen LogP contribution < -0.4 is 10.4 Å². The third kappa shape index (κ3) is 3.89. The van der Waals surface area contributed by atoms with Gasteiger partial charge >= 0.3 is 0 Å². The number of hydrogen-bond acceptors (Lipinski definition) is 4. The average Bonchev–Trinajstić information content (AvgIpc) is 2.86. The Morgan fingerprint density at radius 2 is 0.765 bits per heavy atom. The normalized spacial score (nSPS) is 10.8. The maximum absolute atomic E-state index is 11.0. The van der Waals surface area contributed by atoms with Gasteiger partial charge in [0, 0.05) is 24.3 Å². The van der Waals surface area contributed by atoms with E-state index in [4.69, 9.17) is 0 Å². The van der Waals surface area contributed by atoms with Crippen LogP contribution in [0.4, 0.5) is 11.4 Å². The van der Waals surface area contributed by atoms with E-state index in [-0.39, 0.29) is 11.4 Å². The van der Waals surface area contributed by atoms with Crippen LogP contribution in [0.5, 0.6) is 0 Å². The third-order valence-corrected chi connectivity index (χ3v) is 5.84. The number of nitro benzene ring substituents is 2. The maximum atomic E-state index is 11.0. The van der Waals surface area contributed by atoms with Crippen LogP contribution in [0.15, 0.2) is 97.1 Å². The van der Waals surface area contributed by atoms with Crippen LogP contribution >= 0.6 is 0 Å². The zero-order valence-corrected chi connectivity index (χ0v) is 17.9. The van der Waals surface area contributed by atoms with Crippen molar-refractivity contribution in [3.63, 3.8) is 0 Å². The van der Waals surface area contributed by atoms with Crippen molar-refractivity contribution in [2.75, 3.05) is 0 Å². The smallest absolute Gasteiger partial charge is 0.258 e. The summed E-state index contributed by atoms with van der Waals surface area (Å²) in [4.78, 5) is 21.2. The molecule has 5 aromatic rings. The maximum Gasteiger partial charge on any atom is 0.269 e. The number of non-ortho nitro benzene ring substituents is 2. The molecule has 5 rings (SSSR count). The second kappa shape index (κ2) is 8.60. The fourth-order valence-electron chi connectivity index (χ4n) is 4.22. The van der Waals surface area contributed by atoms with E-state index in [1.54, 1.807) is 24.3 Å². The van der Waals surface area contributed by atoms with Gasteiger partial charge in [-0.3, -0.25) is 20.2 Å². The molecule has 0 fully saturated rings. The number of benzene rings is 5. The standard InChI is InChI=1S/C28H18N2O4/c31-29(32)21-13-9-19(10-14-21)17-27-23-5-1-2-6-24(23)28(26-8-4-3-7-25(26)27)18-20-11-15-22(16-12-20)30(33)34/h1-18H. The molecule has 0 heterocycles. The quantitative estimate of drug-likeness (QED) is 0.208. The number of hydrogen-bond donors (Lipinski definition) is 0. The summed E-state index contributed by atoms with van der Waals surface area (Å²) in [5, 5.41) is 28.3. The molecule has 6 heteroatoms. The van der Waals surface area contributed by atoms with Gasteiger partial charge in [0.25, 0.3) is 11.4 Å². The van der Waals surface area contributed by atoms with Crippen LogP contribution in [-0.4, -0.2) is 9.85 Å². The molecular weight excluding hydrogens is 428 g/mol. The second-order valence-electron chi connectivity index (χ2n) is 7.90. The predicted molar refractivity (Wildman–Crippen MR) is 134 cm³/mol. The lowest BCUT2D eigenvalue weighted by molar-refractivity contribution is -0.385. The van der Waals surface area contributed by atoms with Gasteiger partial charge in [-0.15, -0.1) is 0 Å². The minimum atomic E-state index is -0.405. The Hall–Kier alpha value is -4.84. The van der Waals surface area contributed by atoms with Crippen LogP contribution in [0.2, 0.25) is 0 Å². The van der Waals surface area contributed by atoms with Gasteiger partial charge in [0.1, 0.15) is 0 Å². The molecule has 0 N–H and O–H groups in total. The monoisotopic (exact) mass is 446 g/mol. The molecule has 0 radical (unpaired) electrons. The van der Waals surface area contributed by atoms with Gasteiger partial charge < -0.3 is 0 Å². The highest BCUT2D eigenvalue weighted by Crippen LogP contribution is 2.18. The van der Waals surface area contributed by atoms with E-state index in [0.717, 1.165) is 43.1 Å². The van der Waals surface area contributed by atoms with Gasteiger partial charge in [-0.1, -0.05) is 48.5 Å². The predicted octanol–water partition coefficient (Wildman–Crippen LogP) is 5.47. The molecule has 0 bridgehead atoms. The lowest BCUT2D eigenvalue weighted by Gasteiger charge is -2.08. The van der Waals surface area contributed by atoms with E-state index in [1.165, 1.54) is 24.3 Å². The summed E-state index contributed by atoms with van der Waals surface area (Å²) in [6, 6.07) is 29.2. The molecule has 34 heavy (non-hydrogen) atoms. The lowest BCUT2D eigenvalue weighted by atomic mass is 9.95. The van der Waals surface area contributed by atoms with E-state index in [1.807, 2.05) is 36.4 Å². The first-order valence-corrected chi connectivity index (χ1v) is 10.6. The molecule has 5 aromatic carbocycles. The molecule has 0 unspecified atom stereocenters. The van der Waals surface area contributed by atoms with Crippen molar-refractivity contribution >= 4 is 45.1 Å². The molecule has 0 amide bonds. The lowest BCUT2D eigenvalue weighted by Crippen LogP contribution is -2.15. The first-order chi connectivity index (χ1) is 16.5. The highest BCUT2D eigenvalue weighted by molar-refractivity contribution is 6.01. The van der Waals surface area contributed by atoms with E-state index in [0.29, 0.717) is 0 Å². The third-order valence-electron chi connectivity index (χ3n) is 5.84. The van der Waals surface area contributed by atoms with E-state index in [9.17, 15) is 20.2 Å². The van der Waals surface area contributed by atoms with Crippen LogP contribution in [0.1, 0.15) is 11.1 Å². The Morgan fingerprint density at radius 3 is 1.03 bits per heavy atom. The molecule has 0 aromatic heterocycles. The number of nitrogens with zero attached hydrogens (tertiary/aromatic N) is 2. The van der Waals surface area contributed by atoms with Crippen molar-refractivity contribution < 1.29 is 9.85 Å². The molecular formula is C28H18N2O4. The molecule has 0 saturated carbocycles. The molecule has 0 spiro atoms. The molecule has 0 atom stereocenters. The van der Waals surface area contributed by atoms with Gasteiger partial charge in [-0.05, 0) is 79.5 Å². The topological polar surface area (TPSA) is 86.3 Å². The molecule has 0 saturated heterocycles. The summed E-state index contributed by atoms with van der Waals surface area (Å²) in [5.41, 5.74) is 1.85. The minimum Gasteiger partial charge on any atom is -0.258 e. The summed E-state index contributed by atoms with van der Waals surface area (Å²) < 4.78 is 0. The zero-order chi connectivity index (χ0) is 23.7. The van der Waals surface area contributed by atoms with Gasteiger partial charge in [0.15, 0.2) is 0 Å². The highest BCUT2D eigenvalue weighted by Gasteiger charge is 2.08. The summed E-state index contributed by atoms with van der Waals surface area (Å²) >= 11 is 0. The van der Waals surface area contributed by atoms with E-state index in [2.05, 4.69) is 24.3 Å². The van der Waals surface area contributed by atoms with Crippen LogP contribution in [-0.2, 0) is 0 Å². The van der Waals surface area contributed by atoms with Crippen molar-refractivity contribution in [1.29, 1.82) is 0 Å². The average molecular weight is 446 g/mol. The Morgan fingerprint density at radius 1 is 0.471 bits per heavy atom. The molecule has 0 aliphatic carbocycles. The van der Waals surface area contributed by atoms with Crippen LogP contribution in [0.3, 0.4) is 0 Å². The van der Waals surface area contributed by atoms with Crippen molar-refractivity contribution in [3.8, 4) is 0 Å². The van der Waals surface area contributed by atoms with Crippen molar-refractivity contribution in [2.24, 2.45) is 0 Å². The van der Waals surface area contributed by atoms with Crippen LogP contribution in [0.25, 0.3) is 33.7 Å². The number of rotatable bonds is 4. The summed E-state index contributed by atoms with van der Waals surface area (Å²) in [6.45, 7) is 0. The summed E-state index contributed by atoms with van der Waals surface area (Å²) in [6.07, 6.45) is 4.09. The van der Waals surface area contributed by atoms with Crippen molar-refractivity contribution in [2.45, 2.75) is 0 Å². The Kier molecular flexibility index (Phi) is 5.32. The Balaban J connectivity index is 1.81. The molecule has 0 aliphatic heterocycles. The first kappa shape index (κ1) is 21.0.